The number of rotatable bonds is 10. The summed E-state index contributed by atoms with van der Waals surface area (Å²) in [4.78, 5) is -0.283. The maximum absolute atomic E-state index is 12.3. The molecular weight excluding hydrogens is 498 g/mol. The molecule has 0 unspecified atom stereocenters. The molecular formula is C18H17N3O9S3. The summed E-state index contributed by atoms with van der Waals surface area (Å²) in [6.45, 7) is -0.215. The van der Waals surface area contributed by atoms with Gasteiger partial charge in [-0.05, 0) is 48.5 Å². The summed E-state index contributed by atoms with van der Waals surface area (Å²) < 4.78 is 65.6. The maximum Gasteiger partial charge on any atom is 0.294 e. The summed E-state index contributed by atoms with van der Waals surface area (Å²) in [5, 5.41) is 20.3. The first-order valence-corrected chi connectivity index (χ1v) is 12.7. The average Bonchev–Trinajstić information content (AvgIpc) is 2.78. The molecule has 0 heterocycles. The summed E-state index contributed by atoms with van der Waals surface area (Å²) in [5.41, 5.74) is 6.95. The second kappa shape index (κ2) is 10.5. The van der Waals surface area contributed by atoms with E-state index in [-0.39, 0.29) is 34.5 Å². The smallest absolute Gasteiger partial charge is 0.294 e. The number of benzene rings is 3. The van der Waals surface area contributed by atoms with Gasteiger partial charge in [0.25, 0.3) is 10.1 Å². The van der Waals surface area contributed by atoms with Gasteiger partial charge in [-0.25, -0.2) is 13.7 Å². The Morgan fingerprint density at radius 3 is 2.27 bits per heavy atom. The van der Waals surface area contributed by atoms with Gasteiger partial charge >= 0.3 is 0 Å². The van der Waals surface area contributed by atoms with Crippen molar-refractivity contribution in [1.82, 2.24) is 0 Å². The highest BCUT2D eigenvalue weighted by Crippen LogP contribution is 2.33. The molecule has 0 amide bonds. The van der Waals surface area contributed by atoms with Crippen molar-refractivity contribution in [2.75, 3.05) is 18.1 Å². The molecule has 3 aromatic rings. The van der Waals surface area contributed by atoms with Gasteiger partial charge < -0.3 is 5.73 Å². The molecule has 33 heavy (non-hydrogen) atoms. The molecule has 0 fully saturated rings. The fourth-order valence-electron chi connectivity index (χ4n) is 2.74. The summed E-state index contributed by atoms with van der Waals surface area (Å²) >= 11 is 0.281. The first-order chi connectivity index (χ1) is 15.6. The van der Waals surface area contributed by atoms with Gasteiger partial charge in [-0.15, -0.1) is 9.45 Å². The Balaban J connectivity index is 1.81. The normalized spacial score (nSPS) is 12.5. The summed E-state index contributed by atoms with van der Waals surface area (Å²) in [6.07, 6.45) is 0. The minimum atomic E-state index is -4.43. The molecule has 3 aromatic carbocycles. The van der Waals surface area contributed by atoms with Crippen LogP contribution in [0.1, 0.15) is 0 Å². The average molecular weight is 516 g/mol. The van der Waals surface area contributed by atoms with Gasteiger partial charge in [0.2, 0.25) is 0 Å². The van der Waals surface area contributed by atoms with Gasteiger partial charge in [-0.2, -0.15) is 13.5 Å². The van der Waals surface area contributed by atoms with Crippen LogP contribution in [0.25, 0.3) is 10.8 Å². The summed E-state index contributed by atoms with van der Waals surface area (Å²) in [5.74, 6) is -0.344. The lowest BCUT2D eigenvalue weighted by Crippen LogP contribution is -2.10. The number of sulfone groups is 1. The summed E-state index contributed by atoms with van der Waals surface area (Å²) in [7, 11) is -8.07. The highest BCUT2D eigenvalue weighted by molar-refractivity contribution is 7.91. The standard InChI is InChI=1S/C18H17N3O9S3/c19-17-7-8-18(16-11-14(33(25,26)27)5-6-15(16)17)21-20-12-1-3-13(4-2-12)32(23,24)10-9-28-31-30-29-22/h1-8,11,22H,9-10,19H2,(H,25,26,27)/b21-20+. The minimum Gasteiger partial charge on any atom is -0.398 e. The van der Waals surface area contributed by atoms with Crippen LogP contribution >= 0.6 is 12.3 Å². The highest BCUT2D eigenvalue weighted by atomic mass is 32.2. The molecule has 176 valence electrons. The van der Waals surface area contributed by atoms with E-state index in [1.54, 1.807) is 6.07 Å². The molecule has 3 rings (SSSR count). The Kier molecular flexibility index (Phi) is 7.98. The zero-order valence-corrected chi connectivity index (χ0v) is 19.0. The zero-order chi connectivity index (χ0) is 24.1. The van der Waals surface area contributed by atoms with E-state index in [2.05, 4.69) is 19.6 Å². The third kappa shape index (κ3) is 6.46. The Labute approximate surface area is 192 Å². The number of fused-ring (bicyclic) bond motifs is 1. The lowest BCUT2D eigenvalue weighted by atomic mass is 10.1. The van der Waals surface area contributed by atoms with E-state index in [1.807, 2.05) is 0 Å². The Morgan fingerprint density at radius 2 is 1.61 bits per heavy atom. The lowest BCUT2D eigenvalue weighted by molar-refractivity contribution is -0.434. The van der Waals surface area contributed by atoms with Crippen LogP contribution in [0.5, 0.6) is 0 Å². The van der Waals surface area contributed by atoms with E-state index in [1.165, 1.54) is 48.5 Å². The predicted molar refractivity (Wildman–Crippen MR) is 119 cm³/mol. The fourth-order valence-corrected chi connectivity index (χ4v) is 4.66. The van der Waals surface area contributed by atoms with Crippen LogP contribution in [0, 0.1) is 0 Å². The number of azo groups is 1. The third-order valence-electron chi connectivity index (χ3n) is 4.31. The van der Waals surface area contributed by atoms with Crippen LogP contribution in [0.2, 0.25) is 0 Å². The van der Waals surface area contributed by atoms with Gasteiger partial charge in [0.1, 0.15) is 0 Å². The fraction of sp³-hybridized carbons (Fsp3) is 0.111. The van der Waals surface area contributed by atoms with E-state index in [4.69, 9.17) is 15.2 Å². The van der Waals surface area contributed by atoms with E-state index in [9.17, 15) is 21.4 Å². The Morgan fingerprint density at radius 1 is 0.909 bits per heavy atom. The van der Waals surface area contributed by atoms with E-state index >= 15 is 0 Å². The number of nitrogens with two attached hydrogens (primary N) is 1. The molecule has 15 heteroatoms. The largest absolute Gasteiger partial charge is 0.398 e. The van der Waals surface area contributed by atoms with Crippen molar-refractivity contribution in [3.05, 3.63) is 54.6 Å². The molecule has 4 N–H and O–H groups in total. The van der Waals surface area contributed by atoms with Crippen molar-refractivity contribution in [1.29, 1.82) is 0 Å². The molecule has 12 nitrogen and oxygen atoms in total. The number of hydrogen-bond donors (Lipinski definition) is 3. The van der Waals surface area contributed by atoms with Crippen LogP contribution in [-0.2, 0) is 33.5 Å². The first kappa shape index (κ1) is 25.0. The predicted octanol–water partition coefficient (Wildman–Crippen LogP) is 3.86. The van der Waals surface area contributed by atoms with Crippen molar-refractivity contribution in [3.63, 3.8) is 0 Å². The van der Waals surface area contributed by atoms with Gasteiger partial charge in [0, 0.05) is 16.5 Å². The van der Waals surface area contributed by atoms with Crippen molar-refractivity contribution < 1.29 is 40.2 Å². The van der Waals surface area contributed by atoms with Gasteiger partial charge in [-0.1, -0.05) is 11.1 Å². The molecule has 0 atom stereocenters. The minimum absolute atomic E-state index is 0.0325. The van der Waals surface area contributed by atoms with Crippen molar-refractivity contribution in [2.24, 2.45) is 10.2 Å². The molecule has 0 spiro atoms. The monoisotopic (exact) mass is 515 g/mol. The number of nitrogen functional groups attached to an aromatic ring is 1. The van der Waals surface area contributed by atoms with Crippen LogP contribution in [0.4, 0.5) is 17.1 Å². The lowest BCUT2D eigenvalue weighted by Gasteiger charge is -2.07. The molecule has 0 aromatic heterocycles. The molecule has 0 saturated heterocycles. The van der Waals surface area contributed by atoms with Gasteiger partial charge in [0.15, 0.2) is 22.2 Å². The van der Waals surface area contributed by atoms with Crippen molar-refractivity contribution in [3.8, 4) is 0 Å². The van der Waals surface area contributed by atoms with Crippen molar-refractivity contribution >= 4 is 60.1 Å². The van der Waals surface area contributed by atoms with Crippen LogP contribution in [0.3, 0.4) is 0 Å². The first-order valence-electron chi connectivity index (χ1n) is 8.92. The van der Waals surface area contributed by atoms with E-state index in [0.717, 1.165) is 0 Å². The maximum atomic E-state index is 12.3. The van der Waals surface area contributed by atoms with Crippen LogP contribution < -0.4 is 5.73 Å². The molecule has 0 bridgehead atoms. The van der Waals surface area contributed by atoms with Gasteiger partial charge in [0.05, 0.1) is 33.5 Å². The molecule has 0 aliphatic carbocycles. The zero-order valence-electron chi connectivity index (χ0n) is 16.6. The number of hydrogen-bond acceptors (Lipinski definition) is 12. The van der Waals surface area contributed by atoms with E-state index in [0.29, 0.717) is 27.8 Å². The summed E-state index contributed by atoms with van der Waals surface area (Å²) in [6, 6.07) is 12.6. The van der Waals surface area contributed by atoms with E-state index < -0.39 is 20.0 Å². The molecule has 0 aliphatic heterocycles. The topological polar surface area (TPSA) is 187 Å². The molecule has 0 saturated carbocycles. The van der Waals surface area contributed by atoms with Crippen LogP contribution in [-0.4, -0.2) is 39.0 Å². The third-order valence-corrected chi connectivity index (χ3v) is 7.23. The number of nitrogens with zero attached hydrogens (tertiary/aromatic N) is 2. The highest BCUT2D eigenvalue weighted by Gasteiger charge is 2.15. The quantitative estimate of drug-likeness (QED) is 0.0676. The Bertz CT molecular complexity index is 1380. The second-order valence-corrected chi connectivity index (χ2v) is 10.4. The van der Waals surface area contributed by atoms with Gasteiger partial charge in [-0.3, -0.25) is 8.74 Å². The molecule has 0 radical (unpaired) electrons. The Hall–Kier alpha value is -2.63. The van der Waals surface area contributed by atoms with Crippen molar-refractivity contribution in [2.45, 2.75) is 9.79 Å². The molecule has 0 aliphatic rings. The number of anilines is 1. The SMILES string of the molecule is Nc1ccc(/N=N/c2ccc(S(=O)(=O)CCOSOOO)cc2)c2cc(S(=O)(=O)O)ccc12. The second-order valence-electron chi connectivity index (χ2n) is 6.40. The van der Waals surface area contributed by atoms with Crippen LogP contribution in [0.15, 0.2) is 74.6 Å².